The minimum Gasteiger partial charge on any atom is -0.274 e. The highest BCUT2D eigenvalue weighted by Gasteiger charge is 2.39. The van der Waals surface area contributed by atoms with Crippen LogP contribution in [0.25, 0.3) is 0 Å². The summed E-state index contributed by atoms with van der Waals surface area (Å²) >= 11 is 0. The molecule has 14 heteroatoms. The van der Waals surface area contributed by atoms with Gasteiger partial charge >= 0.3 is 11.9 Å². The molecule has 10 nitrogen and oxygen atoms in total. The first-order chi connectivity index (χ1) is 13.4. The molecule has 158 valence electrons. The molecule has 0 saturated carbocycles. The Balaban J connectivity index is 1.80. The number of alkyl halides is 3. The number of halogens is 3. The van der Waals surface area contributed by atoms with Crippen LogP contribution in [0.3, 0.4) is 0 Å². The van der Waals surface area contributed by atoms with Gasteiger partial charge in [-0.25, -0.2) is 17.9 Å². The lowest BCUT2D eigenvalue weighted by Crippen LogP contribution is -2.41. The van der Waals surface area contributed by atoms with Crippen LogP contribution >= 0.6 is 0 Å². The zero-order chi connectivity index (χ0) is 21.6. The van der Waals surface area contributed by atoms with E-state index in [1.165, 1.54) is 12.1 Å². The predicted octanol–water partition coefficient (Wildman–Crippen LogP) is 1.53. The van der Waals surface area contributed by atoms with Crippen molar-refractivity contribution >= 4 is 15.7 Å². The van der Waals surface area contributed by atoms with Crippen LogP contribution in [0.4, 0.5) is 18.9 Å². The highest BCUT2D eigenvalue weighted by molar-refractivity contribution is 7.89. The molecule has 3 rings (SSSR count). The fourth-order valence-electron chi connectivity index (χ4n) is 3.17. The molecule has 0 N–H and O–H groups in total. The fraction of sp³-hybridized carbons (Fsp3) is 0.467. The Kier molecular flexibility index (Phi) is 5.25. The molecule has 1 aliphatic rings. The number of hydrogen-bond donors (Lipinski definition) is 0. The number of nitro groups is 1. The van der Waals surface area contributed by atoms with Crippen molar-refractivity contribution < 1.29 is 26.5 Å². The van der Waals surface area contributed by atoms with Gasteiger partial charge in [-0.1, -0.05) is 6.07 Å². The van der Waals surface area contributed by atoms with Crippen LogP contribution in [0.2, 0.25) is 0 Å². The molecule has 2 aromatic rings. The van der Waals surface area contributed by atoms with Crippen molar-refractivity contribution in [3.05, 3.63) is 50.7 Å². The summed E-state index contributed by atoms with van der Waals surface area (Å²) in [5.41, 5.74) is -1.31. The van der Waals surface area contributed by atoms with Gasteiger partial charge in [-0.2, -0.15) is 17.5 Å². The molecule has 29 heavy (non-hydrogen) atoms. The molecule has 0 unspecified atom stereocenters. The van der Waals surface area contributed by atoms with Crippen LogP contribution < -0.4 is 5.69 Å². The summed E-state index contributed by atoms with van der Waals surface area (Å²) in [6.07, 6.45) is -4.64. The summed E-state index contributed by atoms with van der Waals surface area (Å²) in [4.78, 5) is 22.0. The van der Waals surface area contributed by atoms with E-state index in [4.69, 9.17) is 0 Å². The van der Waals surface area contributed by atoms with Gasteiger partial charge in [-0.3, -0.25) is 14.7 Å². The zero-order valence-electron chi connectivity index (χ0n) is 15.0. The number of nitro benzene ring substituents is 1. The topological polar surface area (TPSA) is 120 Å². The van der Waals surface area contributed by atoms with Gasteiger partial charge in [0.2, 0.25) is 15.8 Å². The second kappa shape index (κ2) is 7.26. The standard InChI is InChI=1S/C15H16F3N5O5S/c1-20-13(15(16,17)18)19-22(14(20)24)10-5-7-21(8-6-10)29(27,28)12-4-2-3-11(9-12)23(25)26/h2-4,9-10H,5-8H2,1H3. The van der Waals surface area contributed by atoms with Gasteiger partial charge in [-0.05, 0) is 18.9 Å². The van der Waals surface area contributed by atoms with Gasteiger partial charge in [0.15, 0.2) is 0 Å². The van der Waals surface area contributed by atoms with Gasteiger partial charge in [-0.15, -0.1) is 5.10 Å². The second-order valence-electron chi connectivity index (χ2n) is 6.50. The molecule has 1 saturated heterocycles. The molecule has 0 bridgehead atoms. The summed E-state index contributed by atoms with van der Waals surface area (Å²) in [6.45, 7) is -0.139. The molecular weight excluding hydrogens is 419 g/mol. The number of benzene rings is 1. The van der Waals surface area contributed by atoms with Gasteiger partial charge in [0.05, 0.1) is 15.9 Å². The Bertz CT molecular complexity index is 1100. The largest absolute Gasteiger partial charge is 0.451 e. The normalized spacial score (nSPS) is 16.8. The minimum atomic E-state index is -4.79. The lowest BCUT2D eigenvalue weighted by atomic mass is 10.1. The van der Waals surface area contributed by atoms with E-state index in [0.717, 1.165) is 28.2 Å². The minimum absolute atomic E-state index is 0.0694. The molecule has 1 aliphatic heterocycles. The van der Waals surface area contributed by atoms with Crippen molar-refractivity contribution in [2.24, 2.45) is 7.05 Å². The average molecular weight is 435 g/mol. The van der Waals surface area contributed by atoms with E-state index in [9.17, 15) is 36.5 Å². The third-order valence-corrected chi connectivity index (χ3v) is 6.59. The van der Waals surface area contributed by atoms with Crippen molar-refractivity contribution in [1.82, 2.24) is 18.7 Å². The Labute approximate surface area is 162 Å². The number of hydrogen-bond acceptors (Lipinski definition) is 6. The molecular formula is C15H16F3N5O5S. The maximum absolute atomic E-state index is 12.9. The van der Waals surface area contributed by atoms with Crippen molar-refractivity contribution in [2.75, 3.05) is 13.1 Å². The van der Waals surface area contributed by atoms with E-state index < -0.39 is 38.7 Å². The molecule has 0 radical (unpaired) electrons. The first kappa shape index (κ1) is 21.0. The first-order valence-electron chi connectivity index (χ1n) is 8.40. The molecule has 2 heterocycles. The molecule has 1 aromatic heterocycles. The summed E-state index contributed by atoms with van der Waals surface area (Å²) in [6, 6.07) is 3.90. The van der Waals surface area contributed by atoms with Crippen molar-refractivity contribution in [2.45, 2.75) is 30.0 Å². The SMILES string of the molecule is Cn1c(C(F)(F)F)nn(C2CCN(S(=O)(=O)c3cccc([N+](=O)[O-])c3)CC2)c1=O. The zero-order valence-corrected chi connectivity index (χ0v) is 15.9. The van der Waals surface area contributed by atoms with Crippen molar-refractivity contribution in [3.8, 4) is 0 Å². The molecule has 1 fully saturated rings. The summed E-state index contributed by atoms with van der Waals surface area (Å²) in [7, 11) is -3.06. The van der Waals surface area contributed by atoms with Gasteiger partial charge in [0.25, 0.3) is 5.69 Å². The van der Waals surface area contributed by atoms with E-state index in [1.807, 2.05) is 0 Å². The number of piperidine rings is 1. The Morgan fingerprint density at radius 3 is 2.38 bits per heavy atom. The van der Waals surface area contributed by atoms with Crippen molar-refractivity contribution in [1.29, 1.82) is 0 Å². The third-order valence-electron chi connectivity index (χ3n) is 4.69. The van der Waals surface area contributed by atoms with Crippen LogP contribution in [0, 0.1) is 10.1 Å². The predicted molar refractivity (Wildman–Crippen MR) is 92.6 cm³/mol. The lowest BCUT2D eigenvalue weighted by molar-refractivity contribution is -0.385. The average Bonchev–Trinajstić information content (AvgIpc) is 2.97. The number of sulfonamides is 1. The fourth-order valence-corrected chi connectivity index (χ4v) is 4.68. The number of rotatable bonds is 4. The van der Waals surface area contributed by atoms with Crippen LogP contribution in [-0.4, -0.2) is 45.1 Å². The summed E-state index contributed by atoms with van der Waals surface area (Å²) in [5, 5.41) is 14.2. The highest BCUT2D eigenvalue weighted by Crippen LogP contribution is 2.30. The van der Waals surface area contributed by atoms with Crippen LogP contribution in [0.15, 0.2) is 34.0 Å². The third kappa shape index (κ3) is 3.89. The lowest BCUT2D eigenvalue weighted by Gasteiger charge is -2.30. The van der Waals surface area contributed by atoms with Crippen LogP contribution in [0.5, 0.6) is 0 Å². The second-order valence-corrected chi connectivity index (χ2v) is 8.44. The smallest absolute Gasteiger partial charge is 0.274 e. The van der Waals surface area contributed by atoms with Gasteiger partial charge < -0.3 is 0 Å². The maximum atomic E-state index is 12.9. The molecule has 0 spiro atoms. The first-order valence-corrected chi connectivity index (χ1v) is 9.84. The molecule has 0 atom stereocenters. The molecule has 0 amide bonds. The van der Waals surface area contributed by atoms with Crippen molar-refractivity contribution in [3.63, 3.8) is 0 Å². The molecule has 0 aliphatic carbocycles. The van der Waals surface area contributed by atoms with E-state index in [2.05, 4.69) is 5.10 Å². The monoisotopic (exact) mass is 435 g/mol. The maximum Gasteiger partial charge on any atom is 0.451 e. The van der Waals surface area contributed by atoms with E-state index >= 15 is 0 Å². The number of nitrogens with zero attached hydrogens (tertiary/aromatic N) is 5. The van der Waals surface area contributed by atoms with E-state index in [0.29, 0.717) is 4.57 Å². The highest BCUT2D eigenvalue weighted by atomic mass is 32.2. The van der Waals surface area contributed by atoms with E-state index in [-0.39, 0.29) is 36.5 Å². The number of aromatic nitrogens is 3. The number of non-ortho nitro benzene ring substituents is 1. The quantitative estimate of drug-likeness (QED) is 0.531. The summed E-state index contributed by atoms with van der Waals surface area (Å²) in [5.74, 6) is -1.32. The van der Waals surface area contributed by atoms with Gasteiger partial charge in [0.1, 0.15) is 0 Å². The molecule has 1 aromatic carbocycles. The van der Waals surface area contributed by atoms with Crippen LogP contribution in [-0.2, 0) is 23.2 Å². The summed E-state index contributed by atoms with van der Waals surface area (Å²) < 4.78 is 66.5. The van der Waals surface area contributed by atoms with Gasteiger partial charge in [0, 0.05) is 32.3 Å². The van der Waals surface area contributed by atoms with E-state index in [1.54, 1.807) is 0 Å². The Morgan fingerprint density at radius 1 is 1.24 bits per heavy atom. The Hall–Kier alpha value is -2.74. The van der Waals surface area contributed by atoms with Crippen LogP contribution in [0.1, 0.15) is 24.7 Å². The Morgan fingerprint density at radius 2 is 1.86 bits per heavy atom.